The zero-order valence-corrected chi connectivity index (χ0v) is 11.7. The summed E-state index contributed by atoms with van der Waals surface area (Å²) in [5.41, 5.74) is 3.61. The molecule has 0 fully saturated rings. The maximum Gasteiger partial charge on any atom is 0.335 e. The number of carboxylic acids is 1. The number of imidazole rings is 1. The number of aromatic carboxylic acids is 1. The number of hydrogen-bond acceptors (Lipinski definition) is 3. The second-order valence-corrected chi connectivity index (χ2v) is 4.81. The number of aryl methyl sites for hydroxylation is 1. The molecule has 1 aromatic heterocycles. The van der Waals surface area contributed by atoms with E-state index in [9.17, 15) is 4.79 Å². The summed E-state index contributed by atoms with van der Waals surface area (Å²) < 4.78 is 5.31. The van der Waals surface area contributed by atoms with Crippen LogP contribution in [0.1, 0.15) is 15.9 Å². The highest BCUT2D eigenvalue weighted by Gasteiger charge is 2.10. The number of nitrogens with one attached hydrogen (secondary N) is 1. The number of carbonyl (C=O) groups is 1. The largest absolute Gasteiger partial charge is 0.496 e. The Morgan fingerprint density at radius 1 is 1.24 bits per heavy atom. The fraction of sp³-hybridized carbons (Fsp3) is 0.125. The van der Waals surface area contributed by atoms with Gasteiger partial charge in [-0.25, -0.2) is 9.78 Å². The Hall–Kier alpha value is -2.82. The Labute approximate surface area is 121 Å². The molecule has 0 aliphatic carbocycles. The van der Waals surface area contributed by atoms with E-state index in [1.165, 1.54) is 0 Å². The first-order valence-electron chi connectivity index (χ1n) is 6.46. The van der Waals surface area contributed by atoms with Crippen molar-refractivity contribution >= 4 is 17.0 Å². The van der Waals surface area contributed by atoms with Crippen molar-refractivity contribution in [3.8, 4) is 17.1 Å². The number of rotatable bonds is 3. The summed E-state index contributed by atoms with van der Waals surface area (Å²) in [4.78, 5) is 18.6. The van der Waals surface area contributed by atoms with Crippen LogP contribution in [0.25, 0.3) is 22.4 Å². The fourth-order valence-electron chi connectivity index (χ4n) is 2.25. The zero-order valence-electron chi connectivity index (χ0n) is 11.7. The second kappa shape index (κ2) is 4.94. The molecule has 1 heterocycles. The highest BCUT2D eigenvalue weighted by Crippen LogP contribution is 2.27. The molecule has 0 unspecified atom stereocenters. The SMILES string of the molecule is COc1cc(-c2nc3ccc(C(=O)O)cc3[nH]2)ccc1C. The van der Waals surface area contributed by atoms with Crippen molar-refractivity contribution in [1.82, 2.24) is 9.97 Å². The van der Waals surface area contributed by atoms with Crippen LogP contribution in [0, 0.1) is 6.92 Å². The van der Waals surface area contributed by atoms with Gasteiger partial charge in [0.2, 0.25) is 0 Å². The molecule has 0 spiro atoms. The van der Waals surface area contributed by atoms with Gasteiger partial charge in [-0.3, -0.25) is 0 Å². The second-order valence-electron chi connectivity index (χ2n) is 4.81. The summed E-state index contributed by atoms with van der Waals surface area (Å²) in [6.45, 7) is 1.97. The van der Waals surface area contributed by atoms with Gasteiger partial charge in [0, 0.05) is 5.56 Å². The van der Waals surface area contributed by atoms with Crippen molar-refractivity contribution in [1.29, 1.82) is 0 Å². The van der Waals surface area contributed by atoms with E-state index in [1.807, 2.05) is 25.1 Å². The van der Waals surface area contributed by atoms with E-state index in [-0.39, 0.29) is 5.56 Å². The third-order valence-electron chi connectivity index (χ3n) is 3.41. The van der Waals surface area contributed by atoms with Gasteiger partial charge in [0.15, 0.2) is 0 Å². The maximum absolute atomic E-state index is 11.0. The van der Waals surface area contributed by atoms with Crippen LogP contribution in [-0.4, -0.2) is 28.2 Å². The van der Waals surface area contributed by atoms with Crippen molar-refractivity contribution in [3.63, 3.8) is 0 Å². The molecular weight excluding hydrogens is 268 g/mol. The van der Waals surface area contributed by atoms with Crippen LogP contribution >= 0.6 is 0 Å². The lowest BCUT2D eigenvalue weighted by atomic mass is 10.1. The monoisotopic (exact) mass is 282 g/mol. The fourth-order valence-corrected chi connectivity index (χ4v) is 2.25. The van der Waals surface area contributed by atoms with E-state index in [0.717, 1.165) is 22.4 Å². The first-order valence-corrected chi connectivity index (χ1v) is 6.46. The van der Waals surface area contributed by atoms with E-state index in [1.54, 1.807) is 25.3 Å². The minimum absolute atomic E-state index is 0.235. The number of hydrogen-bond donors (Lipinski definition) is 2. The van der Waals surface area contributed by atoms with E-state index < -0.39 is 5.97 Å². The maximum atomic E-state index is 11.0. The smallest absolute Gasteiger partial charge is 0.335 e. The van der Waals surface area contributed by atoms with Crippen molar-refractivity contribution < 1.29 is 14.6 Å². The number of nitrogens with zero attached hydrogens (tertiary/aromatic N) is 1. The van der Waals surface area contributed by atoms with Crippen molar-refractivity contribution in [2.45, 2.75) is 6.92 Å². The number of H-pyrrole nitrogens is 1. The summed E-state index contributed by atoms with van der Waals surface area (Å²) in [6.07, 6.45) is 0. The average Bonchev–Trinajstić information content (AvgIpc) is 2.90. The minimum Gasteiger partial charge on any atom is -0.496 e. The predicted octanol–water partition coefficient (Wildman–Crippen LogP) is 3.25. The Morgan fingerprint density at radius 3 is 2.76 bits per heavy atom. The standard InChI is InChI=1S/C16H14N2O3/c1-9-3-4-10(8-14(9)21-2)15-17-12-6-5-11(16(19)20)7-13(12)18-15/h3-8H,1-2H3,(H,17,18)(H,19,20). The molecule has 0 aliphatic heterocycles. The Kier molecular flexibility index (Phi) is 3.10. The quantitative estimate of drug-likeness (QED) is 0.773. The van der Waals surface area contributed by atoms with Crippen LogP contribution in [0.15, 0.2) is 36.4 Å². The molecule has 0 aliphatic rings. The molecule has 2 N–H and O–H groups in total. The highest BCUT2D eigenvalue weighted by atomic mass is 16.5. The summed E-state index contributed by atoms with van der Waals surface area (Å²) >= 11 is 0. The van der Waals surface area contributed by atoms with E-state index in [0.29, 0.717) is 11.3 Å². The van der Waals surface area contributed by atoms with Crippen LogP contribution in [-0.2, 0) is 0 Å². The molecule has 0 atom stereocenters. The van der Waals surface area contributed by atoms with E-state index >= 15 is 0 Å². The molecule has 2 aromatic carbocycles. The van der Waals surface area contributed by atoms with Gasteiger partial charge in [-0.2, -0.15) is 0 Å². The first-order chi connectivity index (χ1) is 10.1. The van der Waals surface area contributed by atoms with Gasteiger partial charge in [-0.05, 0) is 36.8 Å². The molecule has 5 heteroatoms. The topological polar surface area (TPSA) is 75.2 Å². The predicted molar refractivity (Wildman–Crippen MR) is 79.8 cm³/mol. The number of carboxylic acid groups (broad SMARTS) is 1. The molecule has 0 bridgehead atoms. The van der Waals surface area contributed by atoms with Crippen molar-refractivity contribution in [3.05, 3.63) is 47.5 Å². The first kappa shape index (κ1) is 13.2. The number of benzene rings is 2. The van der Waals surface area contributed by atoms with Crippen LogP contribution in [0.3, 0.4) is 0 Å². The molecule has 0 saturated heterocycles. The Balaban J connectivity index is 2.10. The van der Waals surface area contributed by atoms with Crippen molar-refractivity contribution in [2.75, 3.05) is 7.11 Å². The molecule has 106 valence electrons. The van der Waals surface area contributed by atoms with Gasteiger partial charge in [0.05, 0.1) is 23.7 Å². The number of ether oxygens (including phenoxy) is 1. The minimum atomic E-state index is -0.954. The molecular formula is C16H14N2O3. The molecule has 21 heavy (non-hydrogen) atoms. The average molecular weight is 282 g/mol. The van der Waals surface area contributed by atoms with E-state index in [4.69, 9.17) is 9.84 Å². The van der Waals surface area contributed by atoms with Crippen LogP contribution in [0.2, 0.25) is 0 Å². The normalized spacial score (nSPS) is 10.8. The van der Waals surface area contributed by atoms with Gasteiger partial charge >= 0.3 is 5.97 Å². The molecule has 3 aromatic rings. The van der Waals surface area contributed by atoms with Gasteiger partial charge in [0.25, 0.3) is 0 Å². The summed E-state index contributed by atoms with van der Waals surface area (Å²) in [7, 11) is 1.63. The molecule has 0 saturated carbocycles. The summed E-state index contributed by atoms with van der Waals surface area (Å²) in [5, 5.41) is 9.02. The highest BCUT2D eigenvalue weighted by molar-refractivity contribution is 5.93. The lowest BCUT2D eigenvalue weighted by Crippen LogP contribution is -1.94. The van der Waals surface area contributed by atoms with Crippen LogP contribution < -0.4 is 4.74 Å². The third-order valence-corrected chi connectivity index (χ3v) is 3.41. The van der Waals surface area contributed by atoms with Gasteiger partial charge in [-0.1, -0.05) is 12.1 Å². The molecule has 0 amide bonds. The Bertz CT molecular complexity index is 837. The number of aromatic nitrogens is 2. The molecule has 5 nitrogen and oxygen atoms in total. The zero-order chi connectivity index (χ0) is 15.0. The molecule has 0 radical (unpaired) electrons. The lowest BCUT2D eigenvalue weighted by molar-refractivity contribution is 0.0697. The van der Waals surface area contributed by atoms with E-state index in [2.05, 4.69) is 9.97 Å². The van der Waals surface area contributed by atoms with Crippen LogP contribution in [0.5, 0.6) is 5.75 Å². The Morgan fingerprint density at radius 2 is 2.05 bits per heavy atom. The molecule has 3 rings (SSSR count). The van der Waals surface area contributed by atoms with Gasteiger partial charge in [-0.15, -0.1) is 0 Å². The lowest BCUT2D eigenvalue weighted by Gasteiger charge is -2.05. The number of fused-ring (bicyclic) bond motifs is 1. The number of methoxy groups -OCH3 is 1. The van der Waals surface area contributed by atoms with Gasteiger partial charge in [0.1, 0.15) is 11.6 Å². The number of aromatic amines is 1. The van der Waals surface area contributed by atoms with Crippen molar-refractivity contribution in [2.24, 2.45) is 0 Å². The summed E-state index contributed by atoms with van der Waals surface area (Å²) in [5.74, 6) is 0.523. The third kappa shape index (κ3) is 2.33. The van der Waals surface area contributed by atoms with Gasteiger partial charge < -0.3 is 14.8 Å². The summed E-state index contributed by atoms with van der Waals surface area (Å²) in [6, 6.07) is 10.7. The van der Waals surface area contributed by atoms with Crippen LogP contribution in [0.4, 0.5) is 0 Å².